The van der Waals surface area contributed by atoms with Gasteiger partial charge in [0.1, 0.15) is 13.2 Å². The maximum absolute atomic E-state index is 13.2. The van der Waals surface area contributed by atoms with Gasteiger partial charge >= 0.3 is 6.01 Å². The van der Waals surface area contributed by atoms with E-state index < -0.39 is 10.0 Å². The lowest BCUT2D eigenvalue weighted by Crippen LogP contribution is -2.15. The number of nitrogens with zero attached hydrogens (tertiary/aromatic N) is 6. The molecule has 3 aromatic heterocycles. The van der Waals surface area contributed by atoms with Gasteiger partial charge in [0.05, 0.1) is 12.5 Å². The van der Waals surface area contributed by atoms with Gasteiger partial charge in [-0.1, -0.05) is 42.5 Å². The summed E-state index contributed by atoms with van der Waals surface area (Å²) in [6, 6.07) is 19.2. The number of sulfonamides is 1. The maximum Gasteiger partial charge on any atom is 0.316 e. The molecular weight excluding hydrogens is 574 g/mol. The molecule has 0 atom stereocenters. The van der Waals surface area contributed by atoms with Gasteiger partial charge < -0.3 is 18.9 Å². The monoisotopic (exact) mass is 599 g/mol. The number of anilines is 1. The number of nitrogens with one attached hydrogen (secondary N) is 1. The van der Waals surface area contributed by atoms with Crippen molar-refractivity contribution in [3.63, 3.8) is 0 Å². The number of aromatic nitrogens is 6. The van der Waals surface area contributed by atoms with Crippen molar-refractivity contribution < 1.29 is 27.4 Å². The zero-order valence-corrected chi connectivity index (χ0v) is 23.6. The minimum atomic E-state index is -4.11. The average Bonchev–Trinajstić information content (AvgIpc) is 3.05. The van der Waals surface area contributed by atoms with Crippen molar-refractivity contribution in [1.29, 1.82) is 0 Å². The molecule has 0 unspecified atom stereocenters. The molecule has 1 N–H and O–H groups in total. The third-order valence-electron chi connectivity index (χ3n) is 5.45. The second kappa shape index (κ2) is 13.8. The van der Waals surface area contributed by atoms with Crippen LogP contribution >= 0.6 is 0 Å². The Kier molecular flexibility index (Phi) is 9.29. The highest BCUT2D eigenvalue weighted by molar-refractivity contribution is 7.95. The quantitative estimate of drug-likeness (QED) is 0.190. The van der Waals surface area contributed by atoms with Crippen LogP contribution in [0.5, 0.6) is 29.1 Å². The van der Waals surface area contributed by atoms with E-state index in [2.05, 4.69) is 34.6 Å². The highest BCUT2D eigenvalue weighted by atomic mass is 32.2. The molecule has 0 radical (unpaired) electrons. The number of ether oxygens (including phenoxy) is 4. The van der Waals surface area contributed by atoms with Crippen LogP contribution in [0.4, 0.5) is 5.82 Å². The Morgan fingerprint density at radius 2 is 1.40 bits per heavy atom. The van der Waals surface area contributed by atoms with Crippen molar-refractivity contribution in [3.05, 3.63) is 102 Å². The molecule has 218 valence electrons. The predicted molar refractivity (Wildman–Crippen MR) is 157 cm³/mol. The molecule has 0 bridgehead atoms. The first-order valence-corrected chi connectivity index (χ1v) is 14.3. The van der Waals surface area contributed by atoms with Crippen molar-refractivity contribution in [2.45, 2.75) is 0 Å². The van der Waals surface area contributed by atoms with Gasteiger partial charge in [-0.15, -0.1) is 0 Å². The van der Waals surface area contributed by atoms with Crippen molar-refractivity contribution in [2.24, 2.45) is 0 Å². The van der Waals surface area contributed by atoms with Crippen molar-refractivity contribution in [1.82, 2.24) is 29.9 Å². The van der Waals surface area contributed by atoms with Crippen LogP contribution in [0.1, 0.15) is 5.56 Å². The molecule has 0 saturated carbocycles. The van der Waals surface area contributed by atoms with Gasteiger partial charge in [-0.3, -0.25) is 4.72 Å². The molecule has 2 aromatic carbocycles. The highest BCUT2D eigenvalue weighted by Crippen LogP contribution is 2.41. The molecule has 43 heavy (non-hydrogen) atoms. The van der Waals surface area contributed by atoms with Gasteiger partial charge in [-0.25, -0.2) is 33.3 Å². The van der Waals surface area contributed by atoms with Crippen molar-refractivity contribution in [3.8, 4) is 40.8 Å². The summed E-state index contributed by atoms with van der Waals surface area (Å²) < 4.78 is 52.0. The average molecular weight is 600 g/mol. The third-order valence-corrected chi connectivity index (χ3v) is 6.43. The lowest BCUT2D eigenvalue weighted by molar-refractivity contribution is 0.197. The van der Waals surface area contributed by atoms with E-state index in [0.29, 0.717) is 11.3 Å². The Bertz CT molecular complexity index is 1780. The van der Waals surface area contributed by atoms with E-state index in [9.17, 15) is 8.42 Å². The summed E-state index contributed by atoms with van der Waals surface area (Å²) in [5.74, 6) is 0.305. The lowest BCUT2D eigenvalue weighted by Gasteiger charge is -2.17. The van der Waals surface area contributed by atoms with Crippen LogP contribution < -0.4 is 23.7 Å². The van der Waals surface area contributed by atoms with Crippen LogP contribution in [0.15, 0.2) is 96.9 Å². The van der Waals surface area contributed by atoms with E-state index in [-0.39, 0.29) is 54.1 Å². The normalized spacial score (nSPS) is 11.2. The summed E-state index contributed by atoms with van der Waals surface area (Å²) in [5.41, 5.74) is 0.686. The first-order chi connectivity index (χ1) is 21.0. The van der Waals surface area contributed by atoms with Crippen LogP contribution in [0.2, 0.25) is 0 Å². The van der Waals surface area contributed by atoms with E-state index >= 15 is 0 Å². The Balaban J connectivity index is 1.54. The van der Waals surface area contributed by atoms with E-state index in [1.807, 2.05) is 6.07 Å². The first-order valence-electron chi connectivity index (χ1n) is 12.8. The summed E-state index contributed by atoms with van der Waals surface area (Å²) in [4.78, 5) is 25.3. The molecule has 0 aliphatic carbocycles. The van der Waals surface area contributed by atoms with Gasteiger partial charge in [-0.05, 0) is 35.9 Å². The molecule has 0 aliphatic heterocycles. The van der Waals surface area contributed by atoms with E-state index in [4.69, 9.17) is 18.9 Å². The van der Waals surface area contributed by atoms with Gasteiger partial charge in [0, 0.05) is 24.8 Å². The highest BCUT2D eigenvalue weighted by Gasteiger charge is 2.24. The summed E-state index contributed by atoms with van der Waals surface area (Å²) >= 11 is 0. The SMILES string of the molecule is COc1ccccc1Oc1c(NS(=O)(=O)C=Cc2ccccc2)nc(-c2ncccn2)nc1OCCOc1ncccn1. The van der Waals surface area contributed by atoms with E-state index in [1.54, 1.807) is 73.1 Å². The van der Waals surface area contributed by atoms with Crippen LogP contribution in [-0.4, -0.2) is 58.6 Å². The minimum absolute atomic E-state index is 0.0139. The van der Waals surface area contributed by atoms with Gasteiger partial charge in [0.2, 0.25) is 11.6 Å². The molecule has 0 saturated heterocycles. The first kappa shape index (κ1) is 28.9. The number of hydrogen-bond donors (Lipinski definition) is 1. The largest absolute Gasteiger partial charge is 0.493 e. The van der Waals surface area contributed by atoms with E-state index in [0.717, 1.165) is 5.41 Å². The minimum Gasteiger partial charge on any atom is -0.493 e. The molecule has 0 spiro atoms. The van der Waals surface area contributed by atoms with Crippen LogP contribution in [0.25, 0.3) is 17.7 Å². The molecule has 3 heterocycles. The molecule has 5 aromatic rings. The standard InChI is InChI=1S/C29H25N7O6S/c1-39-22-11-5-6-12-23(22)42-24-25(36-43(37,38)20-13-21-9-3-2-4-10-21)34-27(26-30-14-7-15-31-26)35-28(24)40-18-19-41-29-32-16-8-17-33-29/h2-17,20H,18-19H2,1H3,(H,34,35,36). The van der Waals surface area contributed by atoms with Gasteiger partial charge in [0.15, 0.2) is 23.1 Å². The number of para-hydroxylation sites is 2. The second-order valence-corrected chi connectivity index (χ2v) is 10.0. The number of rotatable bonds is 13. The fourth-order valence-electron chi connectivity index (χ4n) is 3.55. The Morgan fingerprint density at radius 1 is 0.744 bits per heavy atom. The smallest absolute Gasteiger partial charge is 0.316 e. The Labute approximate surface area is 247 Å². The Hall–Kier alpha value is -5.63. The maximum atomic E-state index is 13.2. The zero-order chi connectivity index (χ0) is 29.9. The lowest BCUT2D eigenvalue weighted by atomic mass is 10.2. The fourth-order valence-corrected chi connectivity index (χ4v) is 4.36. The fraction of sp³-hybridized carbons (Fsp3) is 0.103. The van der Waals surface area contributed by atoms with Gasteiger partial charge in [-0.2, -0.15) is 4.98 Å². The molecular formula is C29H25N7O6S. The third kappa shape index (κ3) is 7.98. The van der Waals surface area contributed by atoms with Crippen molar-refractivity contribution in [2.75, 3.05) is 25.0 Å². The second-order valence-electron chi connectivity index (χ2n) is 8.44. The molecule has 0 fully saturated rings. The predicted octanol–water partition coefficient (Wildman–Crippen LogP) is 4.39. The van der Waals surface area contributed by atoms with Gasteiger partial charge in [0.25, 0.3) is 15.9 Å². The molecule has 5 rings (SSSR count). The topological polar surface area (TPSA) is 160 Å². The summed E-state index contributed by atoms with van der Waals surface area (Å²) in [5, 5.41) is 1.02. The van der Waals surface area contributed by atoms with Crippen LogP contribution in [0, 0.1) is 0 Å². The summed E-state index contributed by atoms with van der Waals surface area (Å²) in [7, 11) is -2.63. The molecule has 13 nitrogen and oxygen atoms in total. The number of hydrogen-bond acceptors (Lipinski definition) is 12. The summed E-state index contributed by atoms with van der Waals surface area (Å²) in [6.45, 7) is 0.00684. The zero-order valence-electron chi connectivity index (χ0n) is 22.8. The number of methoxy groups -OCH3 is 1. The molecule has 0 aliphatic rings. The van der Waals surface area contributed by atoms with Crippen LogP contribution in [0.3, 0.4) is 0 Å². The molecule has 0 amide bonds. The Morgan fingerprint density at radius 3 is 2.12 bits per heavy atom. The number of benzene rings is 2. The van der Waals surface area contributed by atoms with Crippen molar-refractivity contribution >= 4 is 21.9 Å². The van der Waals surface area contributed by atoms with E-state index in [1.165, 1.54) is 25.6 Å². The molecule has 14 heteroatoms. The van der Waals surface area contributed by atoms with Crippen LogP contribution in [-0.2, 0) is 10.0 Å². The summed E-state index contributed by atoms with van der Waals surface area (Å²) in [6.07, 6.45) is 7.55.